The second kappa shape index (κ2) is 4.31. The van der Waals surface area contributed by atoms with Crippen LogP contribution in [-0.2, 0) is 0 Å². The summed E-state index contributed by atoms with van der Waals surface area (Å²) in [6, 6.07) is 3.60. The quantitative estimate of drug-likeness (QED) is 0.637. The van der Waals surface area contributed by atoms with Gasteiger partial charge in [0.1, 0.15) is 12.9 Å². The zero-order chi connectivity index (χ0) is 10.7. The summed E-state index contributed by atoms with van der Waals surface area (Å²) in [6.07, 6.45) is 3.17. The van der Waals surface area contributed by atoms with Crippen molar-refractivity contribution in [3.05, 3.63) is 24.7 Å². The number of ether oxygens (including phenoxy) is 1. The van der Waals surface area contributed by atoms with E-state index in [0.29, 0.717) is 23.9 Å². The fourth-order valence-corrected chi connectivity index (χ4v) is 1.43. The van der Waals surface area contributed by atoms with Crippen molar-refractivity contribution in [1.82, 2.24) is 9.97 Å². The number of nitrogens with zero attached hydrogens (tertiary/aromatic N) is 2. The van der Waals surface area contributed by atoms with Gasteiger partial charge in [0.2, 0.25) is 0 Å². The third-order valence-corrected chi connectivity index (χ3v) is 2.15. The Morgan fingerprint density at radius 2 is 2.27 bits per heavy atom. The lowest BCUT2D eigenvalue weighted by atomic mass is 10.2. The molecule has 5 heteroatoms. The molecule has 0 amide bonds. The summed E-state index contributed by atoms with van der Waals surface area (Å²) < 4.78 is 5.46. The normalized spacial score (nSPS) is 10.5. The van der Waals surface area contributed by atoms with Crippen molar-refractivity contribution in [1.29, 1.82) is 0 Å². The molecular formula is C10H10ClN3O. The van der Waals surface area contributed by atoms with Gasteiger partial charge >= 0.3 is 0 Å². The molecule has 0 saturated heterocycles. The van der Waals surface area contributed by atoms with Gasteiger partial charge in [-0.1, -0.05) is 0 Å². The molecule has 15 heavy (non-hydrogen) atoms. The Kier molecular flexibility index (Phi) is 2.87. The Labute approximate surface area is 92.0 Å². The van der Waals surface area contributed by atoms with Gasteiger partial charge in [-0.2, -0.15) is 0 Å². The minimum atomic E-state index is 0.416. The second-order valence-electron chi connectivity index (χ2n) is 2.98. The van der Waals surface area contributed by atoms with Crippen molar-refractivity contribution in [2.24, 2.45) is 0 Å². The smallest absolute Gasteiger partial charge is 0.153 e. The number of benzene rings is 1. The zero-order valence-corrected chi connectivity index (χ0v) is 8.74. The maximum atomic E-state index is 5.80. The lowest BCUT2D eigenvalue weighted by molar-refractivity contribution is 0.348. The molecule has 0 aliphatic heterocycles. The third kappa shape index (κ3) is 1.94. The molecule has 2 rings (SSSR count). The van der Waals surface area contributed by atoms with E-state index < -0.39 is 0 Å². The highest BCUT2D eigenvalue weighted by atomic mass is 35.5. The topological polar surface area (TPSA) is 61.0 Å². The molecule has 2 aromatic rings. The molecule has 1 aromatic heterocycles. The Hall–Kier alpha value is -1.55. The number of nitrogen functional groups attached to an aromatic ring is 1. The zero-order valence-electron chi connectivity index (χ0n) is 7.98. The van der Waals surface area contributed by atoms with Crippen molar-refractivity contribution in [3.8, 4) is 5.75 Å². The van der Waals surface area contributed by atoms with Gasteiger partial charge in [-0.3, -0.25) is 0 Å². The molecule has 0 bridgehead atoms. The van der Waals surface area contributed by atoms with Crippen LogP contribution in [0.1, 0.15) is 0 Å². The SMILES string of the molecule is Nc1ccc2ncncc2c1OCCCl. The summed E-state index contributed by atoms with van der Waals surface area (Å²) in [4.78, 5) is 8.05. The van der Waals surface area contributed by atoms with E-state index in [0.717, 1.165) is 10.9 Å². The van der Waals surface area contributed by atoms with Gasteiger partial charge in [0.25, 0.3) is 0 Å². The molecule has 0 atom stereocenters. The van der Waals surface area contributed by atoms with Crippen molar-refractivity contribution < 1.29 is 4.74 Å². The van der Waals surface area contributed by atoms with Gasteiger partial charge in [-0.15, -0.1) is 11.6 Å². The number of anilines is 1. The molecule has 0 saturated carbocycles. The molecule has 0 aliphatic carbocycles. The number of hydrogen-bond donors (Lipinski definition) is 1. The number of rotatable bonds is 3. The highest BCUT2D eigenvalue weighted by Crippen LogP contribution is 2.29. The molecule has 0 aliphatic rings. The lowest BCUT2D eigenvalue weighted by Gasteiger charge is -2.09. The molecule has 0 fully saturated rings. The first-order valence-corrected chi connectivity index (χ1v) is 5.03. The molecule has 1 aromatic carbocycles. The van der Waals surface area contributed by atoms with Crippen molar-refractivity contribution in [2.75, 3.05) is 18.2 Å². The van der Waals surface area contributed by atoms with Crippen molar-refractivity contribution >= 4 is 28.2 Å². The van der Waals surface area contributed by atoms with E-state index in [1.54, 1.807) is 12.3 Å². The molecule has 0 radical (unpaired) electrons. The molecule has 0 unspecified atom stereocenters. The number of fused-ring (bicyclic) bond motifs is 1. The molecular weight excluding hydrogens is 214 g/mol. The van der Waals surface area contributed by atoms with Gasteiger partial charge < -0.3 is 10.5 Å². The second-order valence-corrected chi connectivity index (χ2v) is 3.35. The van der Waals surface area contributed by atoms with Crippen LogP contribution in [-0.4, -0.2) is 22.5 Å². The number of nitrogens with two attached hydrogens (primary N) is 1. The van der Waals surface area contributed by atoms with Crippen LogP contribution in [0.4, 0.5) is 5.69 Å². The molecule has 78 valence electrons. The lowest BCUT2D eigenvalue weighted by Crippen LogP contribution is -2.02. The van der Waals surface area contributed by atoms with Gasteiger partial charge in [0.05, 0.1) is 22.5 Å². The van der Waals surface area contributed by atoms with Crippen LogP contribution >= 0.6 is 11.6 Å². The largest absolute Gasteiger partial charge is 0.489 e. The first-order valence-electron chi connectivity index (χ1n) is 4.50. The van der Waals surface area contributed by atoms with Crippen LogP contribution in [0.5, 0.6) is 5.75 Å². The molecule has 0 spiro atoms. The first-order chi connectivity index (χ1) is 7.33. The van der Waals surface area contributed by atoms with Gasteiger partial charge in [0, 0.05) is 6.20 Å². The van der Waals surface area contributed by atoms with Crippen molar-refractivity contribution in [2.45, 2.75) is 0 Å². The predicted molar refractivity (Wildman–Crippen MR) is 60.2 cm³/mol. The van der Waals surface area contributed by atoms with Gasteiger partial charge in [-0.05, 0) is 12.1 Å². The van der Waals surface area contributed by atoms with Crippen LogP contribution < -0.4 is 10.5 Å². The van der Waals surface area contributed by atoms with E-state index in [-0.39, 0.29) is 0 Å². The number of halogens is 1. The standard InChI is InChI=1S/C10H10ClN3O/c11-3-4-15-10-7-5-13-6-14-9(7)2-1-8(10)12/h1-2,5-6H,3-4,12H2. The highest BCUT2D eigenvalue weighted by molar-refractivity contribution is 6.18. The van der Waals surface area contributed by atoms with Crippen molar-refractivity contribution in [3.63, 3.8) is 0 Å². The molecule has 2 N–H and O–H groups in total. The average Bonchev–Trinajstić information content (AvgIpc) is 2.28. The van der Waals surface area contributed by atoms with Crippen LogP contribution in [0, 0.1) is 0 Å². The monoisotopic (exact) mass is 223 g/mol. The van der Waals surface area contributed by atoms with E-state index in [4.69, 9.17) is 22.1 Å². The first kappa shape index (κ1) is 9.98. The van der Waals surface area contributed by atoms with Crippen LogP contribution in [0.15, 0.2) is 24.7 Å². The maximum Gasteiger partial charge on any atom is 0.153 e. The summed E-state index contributed by atoms with van der Waals surface area (Å²) in [6.45, 7) is 0.416. The Morgan fingerprint density at radius 1 is 1.40 bits per heavy atom. The van der Waals surface area contributed by atoms with E-state index in [2.05, 4.69) is 9.97 Å². The number of alkyl halides is 1. The van der Waals surface area contributed by atoms with E-state index in [1.165, 1.54) is 6.33 Å². The van der Waals surface area contributed by atoms with Gasteiger partial charge in [-0.25, -0.2) is 9.97 Å². The van der Waals surface area contributed by atoms with E-state index in [9.17, 15) is 0 Å². The molecule has 1 heterocycles. The van der Waals surface area contributed by atoms with Crippen LogP contribution in [0.3, 0.4) is 0 Å². The third-order valence-electron chi connectivity index (χ3n) is 1.99. The Morgan fingerprint density at radius 3 is 3.07 bits per heavy atom. The minimum absolute atomic E-state index is 0.416. The van der Waals surface area contributed by atoms with Gasteiger partial charge in [0.15, 0.2) is 5.75 Å². The summed E-state index contributed by atoms with van der Waals surface area (Å²) in [5.74, 6) is 1.03. The highest BCUT2D eigenvalue weighted by Gasteiger charge is 2.07. The predicted octanol–water partition coefficient (Wildman–Crippen LogP) is 1.83. The summed E-state index contributed by atoms with van der Waals surface area (Å²) in [7, 11) is 0. The number of hydrogen-bond acceptors (Lipinski definition) is 4. The summed E-state index contributed by atoms with van der Waals surface area (Å²) >= 11 is 5.56. The summed E-state index contributed by atoms with van der Waals surface area (Å²) in [5.41, 5.74) is 7.18. The van der Waals surface area contributed by atoms with Crippen LogP contribution in [0.2, 0.25) is 0 Å². The van der Waals surface area contributed by atoms with E-state index >= 15 is 0 Å². The van der Waals surface area contributed by atoms with Crippen LogP contribution in [0.25, 0.3) is 10.9 Å². The fourth-order valence-electron chi connectivity index (χ4n) is 1.35. The minimum Gasteiger partial charge on any atom is -0.489 e. The Bertz CT molecular complexity index is 475. The average molecular weight is 224 g/mol. The number of aromatic nitrogens is 2. The fraction of sp³-hybridized carbons (Fsp3) is 0.200. The Balaban J connectivity index is 2.53. The molecule has 4 nitrogen and oxygen atoms in total. The van der Waals surface area contributed by atoms with E-state index in [1.807, 2.05) is 6.07 Å². The maximum absolute atomic E-state index is 5.80. The summed E-state index contributed by atoms with van der Waals surface area (Å²) in [5, 5.41) is 0.808.